The van der Waals surface area contributed by atoms with Crippen LogP contribution >= 0.6 is 11.6 Å². The molecule has 5 heteroatoms. The Morgan fingerprint density at radius 2 is 2.14 bits per heavy atom. The summed E-state index contributed by atoms with van der Waals surface area (Å²) in [7, 11) is 0. The molecule has 0 spiro atoms. The van der Waals surface area contributed by atoms with Crippen LogP contribution in [0.25, 0.3) is 16.7 Å². The molecule has 0 unspecified atom stereocenters. The first-order valence-electron chi connectivity index (χ1n) is 7.01. The van der Waals surface area contributed by atoms with Gasteiger partial charge in [-0.15, -0.1) is 0 Å². The van der Waals surface area contributed by atoms with E-state index in [2.05, 4.69) is 16.9 Å². The first kappa shape index (κ1) is 13.9. The van der Waals surface area contributed by atoms with E-state index in [1.807, 2.05) is 41.1 Å². The molecule has 0 saturated carbocycles. The fourth-order valence-electron chi connectivity index (χ4n) is 2.25. The SMILES string of the molecule is CCCCOc1cccc2c1ccn2-c1ccnc(Cl)n1. The molecule has 2 aromatic heterocycles. The van der Waals surface area contributed by atoms with Crippen LogP contribution in [0.2, 0.25) is 5.28 Å². The molecular formula is C16H16ClN3O. The first-order chi connectivity index (χ1) is 10.3. The van der Waals surface area contributed by atoms with Crippen molar-refractivity contribution >= 4 is 22.5 Å². The van der Waals surface area contributed by atoms with Gasteiger partial charge in [-0.3, -0.25) is 0 Å². The maximum absolute atomic E-state index is 5.87. The van der Waals surface area contributed by atoms with Gasteiger partial charge in [0.2, 0.25) is 5.28 Å². The summed E-state index contributed by atoms with van der Waals surface area (Å²) in [5, 5.41) is 1.31. The number of halogens is 1. The third-order valence-corrected chi connectivity index (χ3v) is 3.49. The third-order valence-electron chi connectivity index (χ3n) is 3.31. The van der Waals surface area contributed by atoms with Gasteiger partial charge in [-0.2, -0.15) is 4.98 Å². The summed E-state index contributed by atoms with van der Waals surface area (Å²) in [5.74, 6) is 1.65. The second kappa shape index (κ2) is 6.14. The van der Waals surface area contributed by atoms with Gasteiger partial charge >= 0.3 is 0 Å². The molecule has 0 N–H and O–H groups in total. The van der Waals surface area contributed by atoms with Gasteiger partial charge in [0.05, 0.1) is 12.1 Å². The number of fused-ring (bicyclic) bond motifs is 1. The highest BCUT2D eigenvalue weighted by Gasteiger charge is 2.09. The lowest BCUT2D eigenvalue weighted by molar-refractivity contribution is 0.313. The van der Waals surface area contributed by atoms with Crippen molar-refractivity contribution < 1.29 is 4.74 Å². The summed E-state index contributed by atoms with van der Waals surface area (Å²) in [5.41, 5.74) is 1.04. The Bertz CT molecular complexity index is 754. The molecule has 108 valence electrons. The van der Waals surface area contributed by atoms with Crippen molar-refractivity contribution in [1.82, 2.24) is 14.5 Å². The van der Waals surface area contributed by atoms with Crippen LogP contribution in [-0.2, 0) is 0 Å². The fraction of sp³-hybridized carbons (Fsp3) is 0.250. The standard InChI is InChI=1S/C16H16ClN3O/c1-2-3-11-21-14-6-4-5-13-12(14)8-10-20(13)15-7-9-18-16(17)19-15/h4-10H,2-3,11H2,1H3. The summed E-state index contributed by atoms with van der Waals surface area (Å²) in [6.45, 7) is 2.89. The molecule has 0 atom stereocenters. The minimum atomic E-state index is 0.240. The Hall–Kier alpha value is -2.07. The number of aromatic nitrogens is 3. The van der Waals surface area contributed by atoms with Gasteiger partial charge in [0.25, 0.3) is 0 Å². The molecule has 3 aromatic rings. The highest BCUT2D eigenvalue weighted by atomic mass is 35.5. The van der Waals surface area contributed by atoms with E-state index in [1.165, 1.54) is 0 Å². The normalized spacial score (nSPS) is 11.0. The molecule has 0 saturated heterocycles. The van der Waals surface area contributed by atoms with Crippen molar-refractivity contribution in [1.29, 1.82) is 0 Å². The molecule has 0 aliphatic carbocycles. The Morgan fingerprint density at radius 1 is 1.24 bits per heavy atom. The average Bonchev–Trinajstić information content (AvgIpc) is 2.92. The van der Waals surface area contributed by atoms with Gasteiger partial charge in [0, 0.05) is 17.8 Å². The van der Waals surface area contributed by atoms with Crippen molar-refractivity contribution in [3.8, 4) is 11.6 Å². The van der Waals surface area contributed by atoms with Gasteiger partial charge in [-0.1, -0.05) is 19.4 Å². The lowest BCUT2D eigenvalue weighted by Gasteiger charge is -2.08. The zero-order chi connectivity index (χ0) is 14.7. The molecule has 0 aliphatic heterocycles. The number of hydrogen-bond acceptors (Lipinski definition) is 3. The summed E-state index contributed by atoms with van der Waals surface area (Å²) in [4.78, 5) is 8.16. The highest BCUT2D eigenvalue weighted by Crippen LogP contribution is 2.28. The Balaban J connectivity index is 2.01. The molecule has 3 rings (SSSR count). The van der Waals surface area contributed by atoms with Crippen LogP contribution in [0.3, 0.4) is 0 Å². The fourth-order valence-corrected chi connectivity index (χ4v) is 2.39. The van der Waals surface area contributed by atoms with Crippen LogP contribution in [0, 0.1) is 0 Å². The number of nitrogens with zero attached hydrogens (tertiary/aromatic N) is 3. The summed E-state index contributed by atoms with van der Waals surface area (Å²) in [6.07, 6.45) is 5.79. The predicted octanol–water partition coefficient (Wildman–Crippen LogP) is 4.25. The smallest absolute Gasteiger partial charge is 0.224 e. The van der Waals surface area contributed by atoms with Crippen molar-refractivity contribution in [2.24, 2.45) is 0 Å². The summed E-state index contributed by atoms with van der Waals surface area (Å²) >= 11 is 5.87. The van der Waals surface area contributed by atoms with E-state index in [9.17, 15) is 0 Å². The Labute approximate surface area is 128 Å². The molecule has 1 aromatic carbocycles. The number of rotatable bonds is 5. The molecule has 0 bridgehead atoms. The molecule has 2 heterocycles. The van der Waals surface area contributed by atoms with E-state index < -0.39 is 0 Å². The van der Waals surface area contributed by atoms with Gasteiger partial charge < -0.3 is 9.30 Å². The maximum Gasteiger partial charge on any atom is 0.224 e. The van der Waals surface area contributed by atoms with Gasteiger partial charge in [0.1, 0.15) is 11.6 Å². The molecule has 0 aliphatic rings. The van der Waals surface area contributed by atoms with Crippen LogP contribution in [-0.4, -0.2) is 21.1 Å². The van der Waals surface area contributed by atoms with E-state index >= 15 is 0 Å². The monoisotopic (exact) mass is 301 g/mol. The molecule has 21 heavy (non-hydrogen) atoms. The zero-order valence-corrected chi connectivity index (χ0v) is 12.5. The average molecular weight is 302 g/mol. The minimum absolute atomic E-state index is 0.240. The van der Waals surface area contributed by atoms with E-state index in [-0.39, 0.29) is 5.28 Å². The highest BCUT2D eigenvalue weighted by molar-refractivity contribution is 6.28. The van der Waals surface area contributed by atoms with Crippen LogP contribution in [0.5, 0.6) is 5.75 Å². The van der Waals surface area contributed by atoms with Crippen LogP contribution in [0.1, 0.15) is 19.8 Å². The van der Waals surface area contributed by atoms with Crippen molar-refractivity contribution in [3.05, 3.63) is 48.0 Å². The molecule has 0 amide bonds. The number of hydrogen-bond donors (Lipinski definition) is 0. The predicted molar refractivity (Wildman–Crippen MR) is 84.3 cm³/mol. The third kappa shape index (κ3) is 2.85. The van der Waals surface area contributed by atoms with Crippen molar-refractivity contribution in [2.45, 2.75) is 19.8 Å². The Kier molecular flexibility index (Phi) is 4.06. The van der Waals surface area contributed by atoms with Crippen LogP contribution in [0.15, 0.2) is 42.7 Å². The van der Waals surface area contributed by atoms with E-state index in [0.29, 0.717) is 0 Å². The lowest BCUT2D eigenvalue weighted by atomic mass is 10.2. The van der Waals surface area contributed by atoms with Crippen molar-refractivity contribution in [3.63, 3.8) is 0 Å². The summed E-state index contributed by atoms with van der Waals surface area (Å²) in [6, 6.07) is 9.89. The maximum atomic E-state index is 5.87. The molecule has 0 radical (unpaired) electrons. The van der Waals surface area contributed by atoms with Crippen molar-refractivity contribution in [2.75, 3.05) is 6.61 Å². The van der Waals surface area contributed by atoms with E-state index in [1.54, 1.807) is 6.20 Å². The number of unbranched alkanes of at least 4 members (excludes halogenated alkanes) is 1. The Morgan fingerprint density at radius 3 is 2.95 bits per heavy atom. The molecular weight excluding hydrogens is 286 g/mol. The number of benzene rings is 1. The quantitative estimate of drug-likeness (QED) is 0.522. The molecule has 0 fully saturated rings. The zero-order valence-electron chi connectivity index (χ0n) is 11.8. The second-order valence-corrected chi connectivity index (χ2v) is 5.10. The van der Waals surface area contributed by atoms with Crippen LogP contribution in [0.4, 0.5) is 0 Å². The van der Waals surface area contributed by atoms with Crippen LogP contribution < -0.4 is 4.74 Å². The second-order valence-electron chi connectivity index (χ2n) is 4.76. The largest absolute Gasteiger partial charge is 0.493 e. The van der Waals surface area contributed by atoms with Gasteiger partial charge in [-0.25, -0.2) is 4.98 Å². The minimum Gasteiger partial charge on any atom is -0.493 e. The van der Waals surface area contributed by atoms with Gasteiger partial charge in [0.15, 0.2) is 0 Å². The first-order valence-corrected chi connectivity index (χ1v) is 7.39. The number of ether oxygens (including phenoxy) is 1. The summed E-state index contributed by atoms with van der Waals surface area (Å²) < 4.78 is 7.84. The lowest BCUT2D eigenvalue weighted by Crippen LogP contribution is -1.98. The van der Waals surface area contributed by atoms with Gasteiger partial charge in [-0.05, 0) is 42.3 Å². The molecule has 4 nitrogen and oxygen atoms in total. The topological polar surface area (TPSA) is 39.9 Å². The van der Waals surface area contributed by atoms with E-state index in [0.717, 1.165) is 41.9 Å². The van der Waals surface area contributed by atoms with E-state index in [4.69, 9.17) is 16.3 Å².